The SMILES string of the molecule is C/C(=N/O)c1ccc(Nc2cncc(-n3c(C)nc4ccccc43)n2)cc1. The maximum absolute atomic E-state index is 8.86. The van der Waals surface area contributed by atoms with Crippen LogP contribution < -0.4 is 5.32 Å². The van der Waals surface area contributed by atoms with E-state index in [1.165, 1.54) is 0 Å². The van der Waals surface area contributed by atoms with Crippen LogP contribution in [0.3, 0.4) is 0 Å². The molecule has 2 aromatic heterocycles. The van der Waals surface area contributed by atoms with Gasteiger partial charge >= 0.3 is 0 Å². The molecule has 0 aliphatic carbocycles. The van der Waals surface area contributed by atoms with Crippen molar-refractivity contribution in [1.82, 2.24) is 19.5 Å². The topological polar surface area (TPSA) is 88.2 Å². The molecule has 134 valence electrons. The summed E-state index contributed by atoms with van der Waals surface area (Å²) in [5, 5.41) is 15.3. The molecule has 0 atom stereocenters. The number of aromatic nitrogens is 4. The molecule has 0 spiro atoms. The van der Waals surface area contributed by atoms with Crippen molar-refractivity contribution in [3.63, 3.8) is 0 Å². The molecule has 27 heavy (non-hydrogen) atoms. The van der Waals surface area contributed by atoms with Crippen molar-refractivity contribution in [3.05, 3.63) is 72.3 Å². The van der Waals surface area contributed by atoms with Crippen LogP contribution in [0.4, 0.5) is 11.5 Å². The van der Waals surface area contributed by atoms with Crippen LogP contribution in [0.2, 0.25) is 0 Å². The van der Waals surface area contributed by atoms with Gasteiger partial charge in [-0.25, -0.2) is 9.97 Å². The van der Waals surface area contributed by atoms with Crippen molar-refractivity contribution in [1.29, 1.82) is 0 Å². The van der Waals surface area contributed by atoms with Crippen molar-refractivity contribution in [2.45, 2.75) is 13.8 Å². The molecule has 7 heteroatoms. The Morgan fingerprint density at radius 3 is 2.59 bits per heavy atom. The summed E-state index contributed by atoms with van der Waals surface area (Å²) in [4.78, 5) is 13.6. The van der Waals surface area contributed by atoms with Gasteiger partial charge in [0.2, 0.25) is 0 Å². The molecule has 0 radical (unpaired) electrons. The molecule has 0 saturated heterocycles. The Morgan fingerprint density at radius 2 is 1.81 bits per heavy atom. The van der Waals surface area contributed by atoms with Gasteiger partial charge < -0.3 is 10.5 Å². The summed E-state index contributed by atoms with van der Waals surface area (Å²) in [7, 11) is 0. The Kier molecular flexibility index (Phi) is 4.25. The molecule has 4 rings (SSSR count). The minimum atomic E-state index is 0.561. The van der Waals surface area contributed by atoms with Crippen molar-refractivity contribution in [2.24, 2.45) is 5.16 Å². The first-order valence-electron chi connectivity index (χ1n) is 8.48. The molecule has 2 N–H and O–H groups in total. The summed E-state index contributed by atoms with van der Waals surface area (Å²) in [6.07, 6.45) is 3.39. The molecule has 0 unspecified atom stereocenters. The Bertz CT molecular complexity index is 1130. The van der Waals surface area contributed by atoms with Crippen molar-refractivity contribution in [2.75, 3.05) is 5.32 Å². The normalized spacial score (nSPS) is 11.7. The van der Waals surface area contributed by atoms with E-state index >= 15 is 0 Å². The number of fused-ring (bicyclic) bond motifs is 1. The van der Waals surface area contributed by atoms with Crippen LogP contribution in [0.5, 0.6) is 0 Å². The van der Waals surface area contributed by atoms with Gasteiger partial charge in [0.15, 0.2) is 11.6 Å². The Labute approximate surface area is 156 Å². The Balaban J connectivity index is 1.66. The largest absolute Gasteiger partial charge is 0.411 e. The van der Waals surface area contributed by atoms with Crippen LogP contribution in [0.15, 0.2) is 66.1 Å². The van der Waals surface area contributed by atoms with E-state index < -0.39 is 0 Å². The highest BCUT2D eigenvalue weighted by molar-refractivity contribution is 5.98. The third-order valence-electron chi connectivity index (χ3n) is 4.30. The number of aryl methyl sites for hydroxylation is 1. The Morgan fingerprint density at radius 1 is 1.04 bits per heavy atom. The quantitative estimate of drug-likeness (QED) is 0.326. The van der Waals surface area contributed by atoms with Crippen LogP contribution in [0.1, 0.15) is 18.3 Å². The third kappa shape index (κ3) is 3.22. The molecule has 2 aromatic carbocycles. The molecule has 2 heterocycles. The lowest BCUT2D eigenvalue weighted by Gasteiger charge is -2.10. The minimum Gasteiger partial charge on any atom is -0.411 e. The van der Waals surface area contributed by atoms with Gasteiger partial charge in [-0.15, -0.1) is 0 Å². The second kappa shape index (κ2) is 6.87. The number of oxime groups is 1. The third-order valence-corrected chi connectivity index (χ3v) is 4.30. The number of nitrogens with one attached hydrogen (secondary N) is 1. The van der Waals surface area contributed by atoms with Gasteiger partial charge in [0.25, 0.3) is 0 Å². The van der Waals surface area contributed by atoms with Crippen LogP contribution in [0, 0.1) is 6.92 Å². The fraction of sp³-hybridized carbons (Fsp3) is 0.100. The van der Waals surface area contributed by atoms with E-state index in [2.05, 4.69) is 25.4 Å². The van der Waals surface area contributed by atoms with Crippen LogP contribution >= 0.6 is 0 Å². The molecule has 0 saturated carbocycles. The highest BCUT2D eigenvalue weighted by Gasteiger charge is 2.11. The van der Waals surface area contributed by atoms with Crippen LogP contribution in [-0.2, 0) is 0 Å². The Hall–Kier alpha value is -3.74. The average Bonchev–Trinajstić information content (AvgIpc) is 3.04. The summed E-state index contributed by atoms with van der Waals surface area (Å²) in [5.74, 6) is 2.18. The van der Waals surface area contributed by atoms with E-state index in [4.69, 9.17) is 5.21 Å². The zero-order valence-corrected chi connectivity index (χ0v) is 15.0. The number of imidazole rings is 1. The van der Waals surface area contributed by atoms with Crippen molar-refractivity contribution >= 4 is 28.3 Å². The van der Waals surface area contributed by atoms with Gasteiger partial charge in [-0.05, 0) is 43.7 Å². The highest BCUT2D eigenvalue weighted by atomic mass is 16.4. The summed E-state index contributed by atoms with van der Waals surface area (Å²) in [5.41, 5.74) is 4.19. The minimum absolute atomic E-state index is 0.561. The standard InChI is InChI=1S/C20H18N6O/c1-13(25-27)15-7-9-16(10-8-15)23-19-11-21-12-20(24-19)26-14(2)22-17-5-3-4-6-18(17)26/h3-12,27H,1-2H3,(H,23,24)/b25-13-. The van der Waals surface area contributed by atoms with E-state index in [0.717, 1.165) is 28.1 Å². The maximum atomic E-state index is 8.86. The summed E-state index contributed by atoms with van der Waals surface area (Å²) >= 11 is 0. The van der Waals surface area contributed by atoms with Crippen molar-refractivity contribution in [3.8, 4) is 5.82 Å². The lowest BCUT2D eigenvalue weighted by Crippen LogP contribution is -2.03. The maximum Gasteiger partial charge on any atom is 0.159 e. The van der Waals surface area contributed by atoms with E-state index in [-0.39, 0.29) is 0 Å². The fourth-order valence-electron chi connectivity index (χ4n) is 2.96. The van der Waals surface area contributed by atoms with E-state index in [0.29, 0.717) is 17.3 Å². The number of benzene rings is 2. The molecule has 7 nitrogen and oxygen atoms in total. The second-order valence-electron chi connectivity index (χ2n) is 6.13. The first kappa shape index (κ1) is 16.7. The summed E-state index contributed by atoms with van der Waals surface area (Å²) in [6.45, 7) is 3.70. The van der Waals surface area contributed by atoms with E-state index in [1.807, 2.05) is 60.0 Å². The molecule has 0 bridgehead atoms. The van der Waals surface area contributed by atoms with Crippen LogP contribution in [-0.4, -0.2) is 30.4 Å². The number of hydrogen-bond donors (Lipinski definition) is 2. The average molecular weight is 358 g/mol. The second-order valence-corrected chi connectivity index (χ2v) is 6.13. The zero-order valence-electron chi connectivity index (χ0n) is 15.0. The smallest absolute Gasteiger partial charge is 0.159 e. The van der Waals surface area contributed by atoms with Gasteiger partial charge in [-0.1, -0.05) is 29.4 Å². The number of nitrogens with zero attached hydrogens (tertiary/aromatic N) is 5. The first-order valence-corrected chi connectivity index (χ1v) is 8.48. The number of rotatable bonds is 4. The van der Waals surface area contributed by atoms with Gasteiger partial charge in [-0.2, -0.15) is 0 Å². The van der Waals surface area contributed by atoms with Gasteiger partial charge in [0.1, 0.15) is 5.82 Å². The van der Waals surface area contributed by atoms with Gasteiger partial charge in [0, 0.05) is 5.69 Å². The molecule has 0 fully saturated rings. The number of hydrogen-bond acceptors (Lipinski definition) is 6. The highest BCUT2D eigenvalue weighted by Crippen LogP contribution is 2.21. The molecule has 0 aliphatic rings. The molecular formula is C20H18N6O. The van der Waals surface area contributed by atoms with Gasteiger partial charge in [0.05, 0.1) is 29.1 Å². The summed E-state index contributed by atoms with van der Waals surface area (Å²) in [6, 6.07) is 15.5. The predicted octanol–water partition coefficient (Wildman–Crippen LogP) is 4.07. The predicted molar refractivity (Wildman–Crippen MR) is 105 cm³/mol. The monoisotopic (exact) mass is 358 g/mol. The number of anilines is 2. The lowest BCUT2D eigenvalue weighted by molar-refractivity contribution is 0.319. The molecule has 0 amide bonds. The van der Waals surface area contributed by atoms with Crippen molar-refractivity contribution < 1.29 is 5.21 Å². The van der Waals surface area contributed by atoms with Crippen LogP contribution in [0.25, 0.3) is 16.9 Å². The number of para-hydroxylation sites is 2. The first-order chi connectivity index (χ1) is 13.2. The van der Waals surface area contributed by atoms with Gasteiger partial charge in [-0.3, -0.25) is 9.55 Å². The fourth-order valence-corrected chi connectivity index (χ4v) is 2.96. The molecule has 4 aromatic rings. The van der Waals surface area contributed by atoms with E-state index in [9.17, 15) is 0 Å². The zero-order chi connectivity index (χ0) is 18.8. The molecular weight excluding hydrogens is 340 g/mol. The molecule has 0 aliphatic heterocycles. The lowest BCUT2D eigenvalue weighted by atomic mass is 10.1. The summed E-state index contributed by atoms with van der Waals surface area (Å²) < 4.78 is 1.98. The van der Waals surface area contributed by atoms with E-state index in [1.54, 1.807) is 19.3 Å².